The van der Waals surface area contributed by atoms with E-state index in [-0.39, 0.29) is 0 Å². The van der Waals surface area contributed by atoms with E-state index in [2.05, 4.69) is 28.6 Å². The highest BCUT2D eigenvalue weighted by Crippen LogP contribution is 2.10. The lowest BCUT2D eigenvalue weighted by atomic mass is 10.1. The van der Waals surface area contributed by atoms with Crippen LogP contribution in [-0.4, -0.2) is 30.7 Å². The number of hydrogen-bond donors (Lipinski definition) is 3. The number of benzene rings is 1. The number of hydrogen-bond acceptors (Lipinski definition) is 3. The fourth-order valence-corrected chi connectivity index (χ4v) is 1.70. The minimum atomic E-state index is -0.502. The van der Waals surface area contributed by atoms with E-state index in [0.29, 0.717) is 19.0 Å². The van der Waals surface area contributed by atoms with E-state index in [1.807, 2.05) is 39.0 Å². The van der Waals surface area contributed by atoms with Gasteiger partial charge in [-0.2, -0.15) is 0 Å². The second-order valence-corrected chi connectivity index (χ2v) is 5.87. The van der Waals surface area contributed by atoms with Crippen molar-refractivity contribution in [3.05, 3.63) is 29.8 Å². The van der Waals surface area contributed by atoms with E-state index >= 15 is 0 Å². The molecule has 0 spiro atoms. The molecule has 0 saturated heterocycles. The van der Waals surface area contributed by atoms with Crippen LogP contribution >= 0.6 is 0 Å². The van der Waals surface area contributed by atoms with Gasteiger partial charge in [0.15, 0.2) is 5.96 Å². The molecule has 0 aliphatic carbocycles. The Morgan fingerprint density at radius 3 is 2.73 bits per heavy atom. The number of nitrogens with two attached hydrogens (primary N) is 1. The largest absolute Gasteiger partial charge is 0.444 e. The first kappa shape index (κ1) is 17.8. The zero-order valence-corrected chi connectivity index (χ0v) is 13.8. The van der Waals surface area contributed by atoms with Gasteiger partial charge in [-0.05, 0) is 44.9 Å². The average Bonchev–Trinajstić information content (AvgIpc) is 2.42. The molecule has 0 aliphatic heterocycles. The zero-order chi connectivity index (χ0) is 16.6. The van der Waals surface area contributed by atoms with Crippen LogP contribution in [-0.2, 0) is 11.2 Å². The Morgan fingerprint density at radius 1 is 1.36 bits per heavy atom. The number of ether oxygens (including phenoxy) is 1. The number of nitrogens with one attached hydrogen (secondary N) is 2. The van der Waals surface area contributed by atoms with Crippen LogP contribution in [0.2, 0.25) is 0 Å². The van der Waals surface area contributed by atoms with E-state index in [9.17, 15) is 4.79 Å². The van der Waals surface area contributed by atoms with E-state index in [4.69, 9.17) is 10.5 Å². The van der Waals surface area contributed by atoms with Crippen molar-refractivity contribution in [2.75, 3.05) is 18.4 Å². The molecule has 22 heavy (non-hydrogen) atoms. The molecule has 1 aromatic carbocycles. The predicted molar refractivity (Wildman–Crippen MR) is 90.2 cm³/mol. The number of nitrogens with zero attached hydrogens (tertiary/aromatic N) is 1. The van der Waals surface area contributed by atoms with Crippen molar-refractivity contribution in [2.24, 2.45) is 10.7 Å². The Morgan fingerprint density at radius 2 is 2.09 bits per heavy atom. The summed E-state index contributed by atoms with van der Waals surface area (Å²) in [7, 11) is 0. The third kappa shape index (κ3) is 7.52. The molecule has 0 bridgehead atoms. The van der Waals surface area contributed by atoms with Crippen molar-refractivity contribution in [1.29, 1.82) is 0 Å². The number of aryl methyl sites for hydroxylation is 1. The molecule has 0 saturated carbocycles. The topological polar surface area (TPSA) is 88.7 Å². The van der Waals surface area contributed by atoms with Gasteiger partial charge in [0.1, 0.15) is 5.60 Å². The fourth-order valence-electron chi connectivity index (χ4n) is 1.70. The summed E-state index contributed by atoms with van der Waals surface area (Å²) >= 11 is 0. The molecule has 0 unspecified atom stereocenters. The van der Waals surface area contributed by atoms with Crippen molar-refractivity contribution >= 4 is 17.7 Å². The Bertz CT molecular complexity index is 521. The van der Waals surface area contributed by atoms with E-state index in [1.165, 1.54) is 5.56 Å². The second kappa shape index (κ2) is 8.26. The van der Waals surface area contributed by atoms with Crippen LogP contribution in [0.5, 0.6) is 0 Å². The first-order valence-corrected chi connectivity index (χ1v) is 7.43. The number of aliphatic imine (C=N–C) groups is 1. The summed E-state index contributed by atoms with van der Waals surface area (Å²) < 4.78 is 5.12. The van der Waals surface area contributed by atoms with Crippen molar-refractivity contribution in [3.63, 3.8) is 0 Å². The molecular formula is C16H26N4O2. The van der Waals surface area contributed by atoms with Crippen molar-refractivity contribution in [1.82, 2.24) is 5.32 Å². The molecule has 0 atom stereocenters. The number of rotatable bonds is 5. The van der Waals surface area contributed by atoms with E-state index < -0.39 is 11.7 Å². The maximum atomic E-state index is 11.4. The summed E-state index contributed by atoms with van der Waals surface area (Å²) in [6.07, 6.45) is 0.511. The number of alkyl carbamates (subject to hydrolysis) is 1. The van der Waals surface area contributed by atoms with E-state index in [1.54, 1.807) is 0 Å². The Hall–Kier alpha value is -2.24. The van der Waals surface area contributed by atoms with Gasteiger partial charge in [-0.25, -0.2) is 4.79 Å². The maximum Gasteiger partial charge on any atom is 0.407 e. The first-order chi connectivity index (χ1) is 10.3. The van der Waals surface area contributed by atoms with Crippen LogP contribution in [0.4, 0.5) is 10.5 Å². The van der Waals surface area contributed by atoms with Crippen LogP contribution in [0.25, 0.3) is 0 Å². The summed E-state index contributed by atoms with van der Waals surface area (Å²) in [5, 5.41) is 5.65. The number of guanidine groups is 1. The van der Waals surface area contributed by atoms with Gasteiger partial charge in [0.2, 0.25) is 0 Å². The molecule has 4 N–H and O–H groups in total. The molecule has 0 aromatic heterocycles. The van der Waals surface area contributed by atoms with Gasteiger partial charge in [-0.3, -0.25) is 4.99 Å². The SMILES string of the molecule is CCc1cccc(NC(N)=NCCNC(=O)OC(C)(C)C)c1. The summed E-state index contributed by atoms with van der Waals surface area (Å²) in [6, 6.07) is 7.99. The lowest BCUT2D eigenvalue weighted by molar-refractivity contribution is 0.0529. The van der Waals surface area contributed by atoms with Crippen LogP contribution < -0.4 is 16.4 Å². The van der Waals surface area contributed by atoms with Crippen LogP contribution in [0.15, 0.2) is 29.3 Å². The molecule has 0 aliphatic rings. The first-order valence-electron chi connectivity index (χ1n) is 7.43. The molecule has 0 fully saturated rings. The number of carbonyl (C=O) groups is 1. The third-order valence-corrected chi connectivity index (χ3v) is 2.67. The van der Waals surface area contributed by atoms with Gasteiger partial charge in [-0.15, -0.1) is 0 Å². The predicted octanol–water partition coefficient (Wildman–Crippen LogP) is 2.50. The number of carbonyl (C=O) groups excluding carboxylic acids is 1. The molecule has 1 aromatic rings. The normalized spacial score (nSPS) is 11.9. The molecule has 0 radical (unpaired) electrons. The minimum Gasteiger partial charge on any atom is -0.444 e. The highest BCUT2D eigenvalue weighted by Gasteiger charge is 2.15. The van der Waals surface area contributed by atoms with Crippen LogP contribution in [0, 0.1) is 0 Å². The average molecular weight is 306 g/mol. The van der Waals surface area contributed by atoms with Gasteiger partial charge in [-0.1, -0.05) is 19.1 Å². The molecular weight excluding hydrogens is 280 g/mol. The third-order valence-electron chi connectivity index (χ3n) is 2.67. The lowest BCUT2D eigenvalue weighted by Crippen LogP contribution is -2.34. The summed E-state index contributed by atoms with van der Waals surface area (Å²) in [5.41, 5.74) is 7.44. The van der Waals surface area contributed by atoms with Crippen LogP contribution in [0.1, 0.15) is 33.3 Å². The Balaban J connectivity index is 2.35. The van der Waals surface area contributed by atoms with E-state index in [0.717, 1.165) is 12.1 Å². The number of amides is 1. The van der Waals surface area contributed by atoms with Crippen LogP contribution in [0.3, 0.4) is 0 Å². The van der Waals surface area contributed by atoms with Crippen molar-refractivity contribution < 1.29 is 9.53 Å². The van der Waals surface area contributed by atoms with Crippen molar-refractivity contribution in [3.8, 4) is 0 Å². The smallest absolute Gasteiger partial charge is 0.407 e. The summed E-state index contributed by atoms with van der Waals surface area (Å²) in [5.74, 6) is 0.319. The highest BCUT2D eigenvalue weighted by molar-refractivity contribution is 5.92. The standard InChI is InChI=1S/C16H26N4O2/c1-5-12-7-6-8-13(11-12)20-14(17)18-9-10-19-15(21)22-16(2,3)4/h6-8,11H,5,9-10H2,1-4H3,(H,19,21)(H3,17,18,20). The summed E-state index contributed by atoms with van der Waals surface area (Å²) in [4.78, 5) is 15.6. The Labute approximate surface area is 132 Å². The van der Waals surface area contributed by atoms with Gasteiger partial charge in [0.05, 0.1) is 6.54 Å². The molecule has 122 valence electrons. The minimum absolute atomic E-state index is 0.319. The van der Waals surface area contributed by atoms with Gasteiger partial charge in [0.25, 0.3) is 0 Å². The van der Waals surface area contributed by atoms with Gasteiger partial charge in [0, 0.05) is 12.2 Å². The van der Waals surface area contributed by atoms with Crippen molar-refractivity contribution in [2.45, 2.75) is 39.7 Å². The maximum absolute atomic E-state index is 11.4. The summed E-state index contributed by atoms with van der Waals surface area (Å²) in [6.45, 7) is 8.29. The molecule has 1 amide bonds. The Kier molecular flexibility index (Phi) is 6.69. The second-order valence-electron chi connectivity index (χ2n) is 5.87. The lowest BCUT2D eigenvalue weighted by Gasteiger charge is -2.19. The number of anilines is 1. The van der Waals surface area contributed by atoms with Gasteiger partial charge >= 0.3 is 6.09 Å². The molecule has 6 nitrogen and oxygen atoms in total. The molecule has 0 heterocycles. The molecule has 6 heteroatoms. The fraction of sp³-hybridized carbons (Fsp3) is 0.500. The quantitative estimate of drug-likeness (QED) is 0.443. The zero-order valence-electron chi connectivity index (χ0n) is 13.8. The highest BCUT2D eigenvalue weighted by atomic mass is 16.6. The molecule has 1 rings (SSSR count). The monoisotopic (exact) mass is 306 g/mol. The van der Waals surface area contributed by atoms with Gasteiger partial charge < -0.3 is 21.1 Å².